The van der Waals surface area contributed by atoms with Crippen molar-refractivity contribution in [2.45, 2.75) is 32.6 Å². The highest BCUT2D eigenvalue weighted by Gasteiger charge is 2.01. The maximum atomic E-state index is 13.0. The summed E-state index contributed by atoms with van der Waals surface area (Å²) in [7, 11) is 1.97. The highest BCUT2D eigenvalue weighted by Crippen LogP contribution is 2.19. The Balaban J connectivity index is 2.15. The standard InChI is InChI=1S/C14H22FNO/c1-12-7-8-13(15)11-14(12)17-10-6-4-3-5-9-16-2/h7-8,11,16H,3-6,9-10H2,1-2H3. The monoisotopic (exact) mass is 239 g/mol. The second-order valence-corrected chi connectivity index (χ2v) is 4.28. The third-order valence-electron chi connectivity index (χ3n) is 2.73. The average Bonchev–Trinajstić information content (AvgIpc) is 2.32. The van der Waals surface area contributed by atoms with Gasteiger partial charge in [0.1, 0.15) is 11.6 Å². The maximum absolute atomic E-state index is 13.0. The summed E-state index contributed by atoms with van der Waals surface area (Å²) in [4.78, 5) is 0. The fourth-order valence-electron chi connectivity index (χ4n) is 1.67. The summed E-state index contributed by atoms with van der Waals surface area (Å²) < 4.78 is 18.5. The zero-order valence-corrected chi connectivity index (χ0v) is 10.8. The van der Waals surface area contributed by atoms with E-state index < -0.39 is 0 Å². The van der Waals surface area contributed by atoms with E-state index in [0.717, 1.165) is 24.9 Å². The van der Waals surface area contributed by atoms with Crippen LogP contribution in [-0.4, -0.2) is 20.2 Å². The number of benzene rings is 1. The van der Waals surface area contributed by atoms with Gasteiger partial charge in [0.2, 0.25) is 0 Å². The number of hydrogen-bond donors (Lipinski definition) is 1. The summed E-state index contributed by atoms with van der Waals surface area (Å²) in [5.41, 5.74) is 0.988. The van der Waals surface area contributed by atoms with E-state index in [0.29, 0.717) is 12.4 Å². The highest BCUT2D eigenvalue weighted by molar-refractivity contribution is 5.32. The number of aryl methyl sites for hydroxylation is 1. The van der Waals surface area contributed by atoms with Crippen LogP contribution in [0.5, 0.6) is 5.75 Å². The van der Waals surface area contributed by atoms with E-state index in [2.05, 4.69) is 5.32 Å². The van der Waals surface area contributed by atoms with Crippen LogP contribution in [0, 0.1) is 12.7 Å². The highest BCUT2D eigenvalue weighted by atomic mass is 19.1. The van der Waals surface area contributed by atoms with Gasteiger partial charge in [-0.25, -0.2) is 4.39 Å². The Labute approximate surface area is 103 Å². The molecule has 0 fully saturated rings. The van der Waals surface area contributed by atoms with Gasteiger partial charge in [-0.3, -0.25) is 0 Å². The summed E-state index contributed by atoms with van der Waals surface area (Å²) in [5, 5.41) is 3.13. The van der Waals surface area contributed by atoms with Crippen molar-refractivity contribution < 1.29 is 9.13 Å². The Hall–Kier alpha value is -1.09. The van der Waals surface area contributed by atoms with Crippen molar-refractivity contribution in [3.8, 4) is 5.75 Å². The zero-order chi connectivity index (χ0) is 12.5. The summed E-state index contributed by atoms with van der Waals surface area (Å²) in [6, 6.07) is 4.66. The van der Waals surface area contributed by atoms with Gasteiger partial charge in [-0.1, -0.05) is 18.9 Å². The molecule has 0 radical (unpaired) electrons. The number of hydrogen-bond acceptors (Lipinski definition) is 2. The van der Waals surface area contributed by atoms with E-state index in [-0.39, 0.29) is 5.82 Å². The number of halogens is 1. The van der Waals surface area contributed by atoms with Crippen LogP contribution in [0.25, 0.3) is 0 Å². The fraction of sp³-hybridized carbons (Fsp3) is 0.571. The first kappa shape index (κ1) is 14.0. The minimum Gasteiger partial charge on any atom is -0.493 e. The molecule has 0 unspecified atom stereocenters. The van der Waals surface area contributed by atoms with E-state index in [1.165, 1.54) is 25.0 Å². The van der Waals surface area contributed by atoms with Crippen LogP contribution in [0.15, 0.2) is 18.2 Å². The molecule has 1 aromatic rings. The van der Waals surface area contributed by atoms with E-state index >= 15 is 0 Å². The normalized spacial score (nSPS) is 10.5. The molecule has 0 atom stereocenters. The van der Waals surface area contributed by atoms with Crippen LogP contribution in [0.4, 0.5) is 4.39 Å². The molecular formula is C14H22FNO. The molecule has 0 heterocycles. The Bertz CT molecular complexity index is 328. The van der Waals surface area contributed by atoms with Gasteiger partial charge in [-0.15, -0.1) is 0 Å². The number of ether oxygens (including phenoxy) is 1. The molecule has 17 heavy (non-hydrogen) atoms. The lowest BCUT2D eigenvalue weighted by molar-refractivity contribution is 0.301. The molecule has 2 nitrogen and oxygen atoms in total. The second kappa shape index (κ2) is 8.07. The van der Waals surface area contributed by atoms with Gasteiger partial charge in [-0.2, -0.15) is 0 Å². The molecule has 0 bridgehead atoms. The topological polar surface area (TPSA) is 21.3 Å². The molecule has 0 saturated carbocycles. The summed E-state index contributed by atoms with van der Waals surface area (Å²) in [5.74, 6) is 0.430. The molecule has 0 aliphatic rings. The van der Waals surface area contributed by atoms with Crippen molar-refractivity contribution in [1.29, 1.82) is 0 Å². The molecule has 0 aromatic heterocycles. The van der Waals surface area contributed by atoms with Gasteiger partial charge in [-0.05, 0) is 45.0 Å². The van der Waals surface area contributed by atoms with Crippen molar-refractivity contribution in [1.82, 2.24) is 5.32 Å². The average molecular weight is 239 g/mol. The maximum Gasteiger partial charge on any atom is 0.126 e. The van der Waals surface area contributed by atoms with Crippen LogP contribution >= 0.6 is 0 Å². The van der Waals surface area contributed by atoms with Gasteiger partial charge in [0.15, 0.2) is 0 Å². The number of rotatable bonds is 8. The van der Waals surface area contributed by atoms with E-state index in [9.17, 15) is 4.39 Å². The molecule has 0 saturated heterocycles. The Morgan fingerprint density at radius 1 is 1.18 bits per heavy atom. The lowest BCUT2D eigenvalue weighted by Crippen LogP contribution is -2.07. The SMILES string of the molecule is CNCCCCCCOc1cc(F)ccc1C. The van der Waals surface area contributed by atoms with Crippen molar-refractivity contribution in [3.05, 3.63) is 29.6 Å². The Morgan fingerprint density at radius 2 is 1.94 bits per heavy atom. The van der Waals surface area contributed by atoms with Crippen molar-refractivity contribution in [3.63, 3.8) is 0 Å². The lowest BCUT2D eigenvalue weighted by Gasteiger charge is -2.08. The fourth-order valence-corrected chi connectivity index (χ4v) is 1.67. The van der Waals surface area contributed by atoms with Crippen molar-refractivity contribution in [2.24, 2.45) is 0 Å². The van der Waals surface area contributed by atoms with Crippen LogP contribution < -0.4 is 10.1 Å². The van der Waals surface area contributed by atoms with Gasteiger partial charge in [0, 0.05) is 6.07 Å². The number of nitrogens with one attached hydrogen (secondary N) is 1. The molecule has 3 heteroatoms. The van der Waals surface area contributed by atoms with Crippen molar-refractivity contribution in [2.75, 3.05) is 20.2 Å². The predicted molar refractivity (Wildman–Crippen MR) is 69.0 cm³/mol. The first-order valence-electron chi connectivity index (χ1n) is 6.27. The van der Waals surface area contributed by atoms with Gasteiger partial charge < -0.3 is 10.1 Å². The molecule has 96 valence electrons. The molecule has 1 aromatic carbocycles. The van der Waals surface area contributed by atoms with Crippen LogP contribution in [0.1, 0.15) is 31.2 Å². The van der Waals surface area contributed by atoms with Crippen LogP contribution in [0.3, 0.4) is 0 Å². The van der Waals surface area contributed by atoms with Gasteiger partial charge in [0.25, 0.3) is 0 Å². The zero-order valence-electron chi connectivity index (χ0n) is 10.8. The molecule has 0 spiro atoms. The van der Waals surface area contributed by atoms with Crippen molar-refractivity contribution >= 4 is 0 Å². The molecule has 1 N–H and O–H groups in total. The van der Waals surface area contributed by atoms with E-state index in [4.69, 9.17) is 4.74 Å². The second-order valence-electron chi connectivity index (χ2n) is 4.28. The lowest BCUT2D eigenvalue weighted by atomic mass is 10.2. The summed E-state index contributed by atoms with van der Waals surface area (Å²) in [6.45, 7) is 3.68. The third-order valence-corrected chi connectivity index (χ3v) is 2.73. The molecule has 0 amide bonds. The first-order chi connectivity index (χ1) is 8.24. The molecule has 1 rings (SSSR count). The van der Waals surface area contributed by atoms with Gasteiger partial charge >= 0.3 is 0 Å². The summed E-state index contributed by atoms with van der Waals surface area (Å²) in [6.07, 6.45) is 4.61. The van der Waals surface area contributed by atoms with E-state index in [1.54, 1.807) is 6.07 Å². The first-order valence-corrected chi connectivity index (χ1v) is 6.27. The Kier molecular flexibility index (Phi) is 6.63. The van der Waals surface area contributed by atoms with Gasteiger partial charge in [0.05, 0.1) is 6.61 Å². The minimum atomic E-state index is -0.236. The molecule has 0 aliphatic heterocycles. The molecular weight excluding hydrogens is 217 g/mol. The largest absolute Gasteiger partial charge is 0.493 e. The Morgan fingerprint density at radius 3 is 2.71 bits per heavy atom. The smallest absolute Gasteiger partial charge is 0.126 e. The number of unbranched alkanes of at least 4 members (excludes halogenated alkanes) is 3. The minimum absolute atomic E-state index is 0.236. The summed E-state index contributed by atoms with van der Waals surface area (Å²) >= 11 is 0. The third kappa shape index (κ3) is 5.68. The predicted octanol–water partition coefficient (Wildman–Crippen LogP) is 3.29. The molecule has 0 aliphatic carbocycles. The van der Waals surface area contributed by atoms with E-state index in [1.807, 2.05) is 14.0 Å². The quantitative estimate of drug-likeness (QED) is 0.703. The van der Waals surface area contributed by atoms with Crippen LogP contribution in [-0.2, 0) is 0 Å². The van der Waals surface area contributed by atoms with Crippen LogP contribution in [0.2, 0.25) is 0 Å².